The zero-order valence-corrected chi connectivity index (χ0v) is 13.9. The molecule has 4 nitrogen and oxygen atoms in total. The lowest BCUT2D eigenvalue weighted by molar-refractivity contribution is 0.0751. The van der Waals surface area contributed by atoms with E-state index in [-0.39, 0.29) is 5.91 Å². The zero-order chi connectivity index (χ0) is 15.5. The summed E-state index contributed by atoms with van der Waals surface area (Å²) in [5.74, 6) is 0.183. The topological polar surface area (TPSA) is 36.4 Å². The molecular weight excluding hydrogens is 294 g/mol. The van der Waals surface area contributed by atoms with E-state index in [1.807, 2.05) is 29.4 Å². The Morgan fingerprint density at radius 2 is 1.91 bits per heavy atom. The quantitative estimate of drug-likeness (QED) is 0.874. The molecule has 0 saturated carbocycles. The predicted molar refractivity (Wildman–Crippen MR) is 90.8 cm³/mol. The van der Waals surface area contributed by atoms with Gasteiger partial charge < -0.3 is 9.80 Å². The smallest absolute Gasteiger partial charge is 0.264 e. The number of aromatic nitrogens is 1. The van der Waals surface area contributed by atoms with Crippen molar-refractivity contribution in [3.8, 4) is 0 Å². The number of hydrogen-bond donors (Lipinski definition) is 0. The van der Waals surface area contributed by atoms with Crippen LogP contribution >= 0.6 is 11.3 Å². The van der Waals surface area contributed by atoms with Gasteiger partial charge in [-0.15, -0.1) is 11.3 Å². The number of pyridine rings is 1. The van der Waals surface area contributed by atoms with E-state index in [0.29, 0.717) is 0 Å². The number of amides is 1. The first kappa shape index (κ1) is 15.0. The first-order valence-electron chi connectivity index (χ1n) is 7.72. The fourth-order valence-electron chi connectivity index (χ4n) is 2.85. The Morgan fingerprint density at radius 3 is 2.50 bits per heavy atom. The maximum atomic E-state index is 12.6. The van der Waals surface area contributed by atoms with E-state index in [2.05, 4.69) is 29.8 Å². The molecule has 1 saturated heterocycles. The van der Waals surface area contributed by atoms with Crippen molar-refractivity contribution in [1.82, 2.24) is 9.88 Å². The van der Waals surface area contributed by atoms with Gasteiger partial charge in [0.1, 0.15) is 0 Å². The number of nitrogens with zero attached hydrogens (tertiary/aromatic N) is 3. The van der Waals surface area contributed by atoms with Crippen LogP contribution < -0.4 is 4.90 Å². The second kappa shape index (κ2) is 6.48. The van der Waals surface area contributed by atoms with Crippen LogP contribution in [0.25, 0.3) is 0 Å². The van der Waals surface area contributed by atoms with Crippen molar-refractivity contribution in [3.63, 3.8) is 0 Å². The summed E-state index contributed by atoms with van der Waals surface area (Å²) in [4.78, 5) is 23.1. The molecule has 5 heteroatoms. The lowest BCUT2D eigenvalue weighted by Crippen LogP contribution is -2.48. The van der Waals surface area contributed by atoms with Crippen molar-refractivity contribution in [2.45, 2.75) is 20.3 Å². The molecule has 0 bridgehead atoms. The van der Waals surface area contributed by atoms with Gasteiger partial charge in [0.25, 0.3) is 5.91 Å². The summed E-state index contributed by atoms with van der Waals surface area (Å²) in [5, 5.41) is 0. The number of rotatable bonds is 3. The van der Waals surface area contributed by atoms with Crippen LogP contribution in [-0.2, 0) is 6.42 Å². The first-order valence-corrected chi connectivity index (χ1v) is 8.54. The van der Waals surface area contributed by atoms with Crippen molar-refractivity contribution >= 4 is 22.9 Å². The highest BCUT2D eigenvalue weighted by atomic mass is 32.1. The predicted octanol–water partition coefficient (Wildman–Crippen LogP) is 2.98. The van der Waals surface area contributed by atoms with Gasteiger partial charge in [-0.05, 0) is 37.1 Å². The van der Waals surface area contributed by atoms with E-state index in [4.69, 9.17) is 0 Å². The Labute approximate surface area is 135 Å². The minimum absolute atomic E-state index is 0.183. The van der Waals surface area contributed by atoms with Crippen molar-refractivity contribution in [1.29, 1.82) is 0 Å². The molecule has 0 N–H and O–H groups in total. The molecule has 2 aromatic heterocycles. The molecule has 3 heterocycles. The lowest BCUT2D eigenvalue weighted by Gasteiger charge is -2.35. The number of carbonyl (C=O) groups excluding carboxylic acids is 1. The van der Waals surface area contributed by atoms with Crippen LogP contribution in [0.4, 0.5) is 5.69 Å². The third-order valence-corrected chi connectivity index (χ3v) is 5.29. The van der Waals surface area contributed by atoms with E-state index in [0.717, 1.165) is 37.5 Å². The van der Waals surface area contributed by atoms with Crippen LogP contribution in [0.2, 0.25) is 0 Å². The Balaban J connectivity index is 1.64. The second-order valence-corrected chi connectivity index (χ2v) is 6.79. The van der Waals surface area contributed by atoms with E-state index in [1.54, 1.807) is 11.3 Å². The van der Waals surface area contributed by atoms with Crippen molar-refractivity contribution in [2.75, 3.05) is 31.1 Å². The molecule has 0 radical (unpaired) electrons. The zero-order valence-electron chi connectivity index (χ0n) is 13.1. The van der Waals surface area contributed by atoms with Crippen LogP contribution in [0.5, 0.6) is 0 Å². The largest absolute Gasteiger partial charge is 0.368 e. The van der Waals surface area contributed by atoms with Crippen molar-refractivity contribution < 1.29 is 4.79 Å². The summed E-state index contributed by atoms with van der Waals surface area (Å²) in [6, 6.07) is 6.11. The van der Waals surface area contributed by atoms with Crippen LogP contribution in [0.1, 0.15) is 27.0 Å². The minimum atomic E-state index is 0.183. The molecule has 1 aliphatic rings. The molecule has 22 heavy (non-hydrogen) atoms. The monoisotopic (exact) mass is 315 g/mol. The van der Waals surface area contributed by atoms with Gasteiger partial charge in [-0.3, -0.25) is 9.78 Å². The van der Waals surface area contributed by atoms with Gasteiger partial charge in [0.05, 0.1) is 4.88 Å². The molecule has 1 aliphatic heterocycles. The summed E-state index contributed by atoms with van der Waals surface area (Å²) in [5.41, 5.74) is 2.48. The number of piperazine rings is 1. The van der Waals surface area contributed by atoms with E-state index in [1.165, 1.54) is 16.1 Å². The average molecular weight is 315 g/mol. The van der Waals surface area contributed by atoms with Crippen molar-refractivity contribution in [2.24, 2.45) is 0 Å². The van der Waals surface area contributed by atoms with Gasteiger partial charge in [0, 0.05) is 49.1 Å². The maximum Gasteiger partial charge on any atom is 0.264 e. The van der Waals surface area contributed by atoms with E-state index >= 15 is 0 Å². The minimum Gasteiger partial charge on any atom is -0.368 e. The molecule has 1 fully saturated rings. The second-order valence-electron chi connectivity index (χ2n) is 5.53. The van der Waals surface area contributed by atoms with Gasteiger partial charge in [0.2, 0.25) is 0 Å². The highest BCUT2D eigenvalue weighted by Gasteiger charge is 2.23. The third-order valence-electron chi connectivity index (χ3n) is 4.21. The highest BCUT2D eigenvalue weighted by molar-refractivity contribution is 7.14. The Kier molecular flexibility index (Phi) is 4.43. The number of aryl methyl sites for hydroxylation is 2. The maximum absolute atomic E-state index is 12.6. The van der Waals surface area contributed by atoms with Gasteiger partial charge in [0.15, 0.2) is 0 Å². The molecule has 0 aromatic carbocycles. The fourth-order valence-corrected chi connectivity index (χ4v) is 3.94. The van der Waals surface area contributed by atoms with Gasteiger partial charge in [-0.2, -0.15) is 0 Å². The van der Waals surface area contributed by atoms with E-state index in [9.17, 15) is 4.79 Å². The Bertz CT molecular complexity index is 645. The van der Waals surface area contributed by atoms with Gasteiger partial charge >= 0.3 is 0 Å². The van der Waals surface area contributed by atoms with Gasteiger partial charge in [-0.25, -0.2) is 0 Å². The van der Waals surface area contributed by atoms with E-state index < -0.39 is 0 Å². The number of hydrogen-bond acceptors (Lipinski definition) is 4. The summed E-state index contributed by atoms with van der Waals surface area (Å²) in [6.45, 7) is 7.54. The van der Waals surface area contributed by atoms with Crippen LogP contribution in [0.15, 0.2) is 30.6 Å². The third kappa shape index (κ3) is 2.99. The summed E-state index contributed by atoms with van der Waals surface area (Å²) < 4.78 is 0. The molecule has 0 spiro atoms. The first-order chi connectivity index (χ1) is 10.7. The number of carbonyl (C=O) groups is 1. The molecule has 0 unspecified atom stereocenters. The van der Waals surface area contributed by atoms with Crippen molar-refractivity contribution in [3.05, 3.63) is 45.9 Å². The Morgan fingerprint density at radius 1 is 1.23 bits per heavy atom. The number of anilines is 1. The van der Waals surface area contributed by atoms with Crippen LogP contribution in [0, 0.1) is 6.92 Å². The molecule has 0 aliphatic carbocycles. The fraction of sp³-hybridized carbons (Fsp3) is 0.412. The average Bonchev–Trinajstić information content (AvgIpc) is 2.96. The molecule has 3 rings (SSSR count). The normalized spacial score (nSPS) is 15.2. The summed E-state index contributed by atoms with van der Waals surface area (Å²) >= 11 is 1.62. The summed E-state index contributed by atoms with van der Waals surface area (Å²) in [7, 11) is 0. The standard InChI is InChI=1S/C17H21N3OS/c1-3-14-12-16(22-13(14)2)17(21)20-10-8-19(9-11-20)15-4-6-18-7-5-15/h4-7,12H,3,8-11H2,1-2H3. The number of thiophene rings is 1. The van der Waals surface area contributed by atoms with Crippen LogP contribution in [-0.4, -0.2) is 42.0 Å². The summed E-state index contributed by atoms with van der Waals surface area (Å²) in [6.07, 6.45) is 4.62. The highest BCUT2D eigenvalue weighted by Crippen LogP contribution is 2.24. The molecule has 116 valence electrons. The van der Waals surface area contributed by atoms with Crippen LogP contribution in [0.3, 0.4) is 0 Å². The lowest BCUT2D eigenvalue weighted by atomic mass is 10.2. The molecule has 0 atom stereocenters. The Hall–Kier alpha value is -1.88. The molecule has 1 amide bonds. The molecule has 2 aromatic rings. The van der Waals surface area contributed by atoms with Gasteiger partial charge in [-0.1, -0.05) is 6.92 Å². The molecular formula is C17H21N3OS. The SMILES string of the molecule is CCc1cc(C(=O)N2CCN(c3ccncc3)CC2)sc1C.